The smallest absolute Gasteiger partial charge is 0.234 e. The van der Waals surface area contributed by atoms with Crippen molar-refractivity contribution in [2.75, 3.05) is 18.2 Å². The predicted molar refractivity (Wildman–Crippen MR) is 128 cm³/mol. The van der Waals surface area contributed by atoms with E-state index >= 15 is 0 Å². The molecule has 1 heterocycles. The van der Waals surface area contributed by atoms with E-state index in [1.807, 2.05) is 61.7 Å². The summed E-state index contributed by atoms with van der Waals surface area (Å²) in [6.45, 7) is 10.3. The Labute approximate surface area is 192 Å². The highest BCUT2D eigenvalue weighted by Gasteiger charge is 2.20. The SMILES string of the molecule is C=CCn1c(SCC(=O)Nc2cc(C)cc(C)c2)nnc1C(C)Oc1cccc(OC)c1. The molecule has 3 aromatic rings. The van der Waals surface area contributed by atoms with E-state index in [0.29, 0.717) is 29.0 Å². The van der Waals surface area contributed by atoms with Gasteiger partial charge in [0, 0.05) is 18.3 Å². The summed E-state index contributed by atoms with van der Waals surface area (Å²) < 4.78 is 13.2. The molecule has 0 bridgehead atoms. The fourth-order valence-corrected chi connectivity index (χ4v) is 4.07. The highest BCUT2D eigenvalue weighted by atomic mass is 32.2. The maximum Gasteiger partial charge on any atom is 0.234 e. The van der Waals surface area contributed by atoms with Gasteiger partial charge in [0.2, 0.25) is 5.91 Å². The van der Waals surface area contributed by atoms with Crippen LogP contribution in [0.1, 0.15) is 30.0 Å². The summed E-state index contributed by atoms with van der Waals surface area (Å²) in [4.78, 5) is 12.5. The molecule has 0 saturated heterocycles. The van der Waals surface area contributed by atoms with Crippen molar-refractivity contribution in [3.8, 4) is 11.5 Å². The Morgan fingerprint density at radius 3 is 2.59 bits per heavy atom. The van der Waals surface area contributed by atoms with Crippen LogP contribution in [-0.2, 0) is 11.3 Å². The molecule has 168 valence electrons. The Morgan fingerprint density at radius 2 is 1.91 bits per heavy atom. The van der Waals surface area contributed by atoms with Crippen LogP contribution in [0.2, 0.25) is 0 Å². The van der Waals surface area contributed by atoms with E-state index in [0.717, 1.165) is 16.8 Å². The molecule has 1 unspecified atom stereocenters. The summed E-state index contributed by atoms with van der Waals surface area (Å²) in [6.07, 6.45) is 1.41. The van der Waals surface area contributed by atoms with Gasteiger partial charge < -0.3 is 14.8 Å². The Morgan fingerprint density at radius 1 is 1.19 bits per heavy atom. The number of hydrogen-bond donors (Lipinski definition) is 1. The van der Waals surface area contributed by atoms with Crippen molar-refractivity contribution in [3.05, 3.63) is 72.1 Å². The Balaban J connectivity index is 1.68. The van der Waals surface area contributed by atoms with Crippen molar-refractivity contribution >= 4 is 23.4 Å². The molecule has 3 rings (SSSR count). The number of methoxy groups -OCH3 is 1. The maximum atomic E-state index is 12.5. The van der Waals surface area contributed by atoms with E-state index in [4.69, 9.17) is 9.47 Å². The number of hydrogen-bond acceptors (Lipinski definition) is 6. The van der Waals surface area contributed by atoms with Gasteiger partial charge in [-0.25, -0.2) is 0 Å². The lowest BCUT2D eigenvalue weighted by Gasteiger charge is -2.16. The topological polar surface area (TPSA) is 78.3 Å². The number of rotatable bonds is 10. The molecule has 0 fully saturated rings. The first-order valence-electron chi connectivity index (χ1n) is 10.2. The van der Waals surface area contributed by atoms with Crippen LogP contribution in [-0.4, -0.2) is 33.5 Å². The first-order chi connectivity index (χ1) is 15.4. The van der Waals surface area contributed by atoms with Crippen LogP contribution in [0.15, 0.2) is 60.3 Å². The van der Waals surface area contributed by atoms with Crippen molar-refractivity contribution in [1.82, 2.24) is 14.8 Å². The van der Waals surface area contributed by atoms with Gasteiger partial charge >= 0.3 is 0 Å². The molecule has 0 aliphatic heterocycles. The Kier molecular flexibility index (Phi) is 7.94. The van der Waals surface area contributed by atoms with E-state index < -0.39 is 0 Å². The number of nitrogens with zero attached hydrogens (tertiary/aromatic N) is 3. The van der Waals surface area contributed by atoms with Gasteiger partial charge in [-0.05, 0) is 56.2 Å². The number of aromatic nitrogens is 3. The van der Waals surface area contributed by atoms with Crippen molar-refractivity contribution in [1.29, 1.82) is 0 Å². The third-order valence-corrected chi connectivity index (χ3v) is 5.58. The lowest BCUT2D eigenvalue weighted by atomic mass is 10.1. The summed E-state index contributed by atoms with van der Waals surface area (Å²) in [5, 5.41) is 12.2. The second-order valence-electron chi connectivity index (χ2n) is 7.39. The van der Waals surface area contributed by atoms with Gasteiger partial charge in [-0.1, -0.05) is 30.0 Å². The number of thioether (sulfide) groups is 1. The molecule has 2 aromatic carbocycles. The summed E-state index contributed by atoms with van der Waals surface area (Å²) in [7, 11) is 1.61. The van der Waals surface area contributed by atoms with Gasteiger partial charge in [0.1, 0.15) is 11.5 Å². The van der Waals surface area contributed by atoms with Gasteiger partial charge in [0.25, 0.3) is 0 Å². The molecular formula is C24H28N4O3S. The molecule has 0 aliphatic rings. The average molecular weight is 453 g/mol. The second kappa shape index (κ2) is 10.9. The van der Waals surface area contributed by atoms with Crippen LogP contribution in [0, 0.1) is 13.8 Å². The fourth-order valence-electron chi connectivity index (χ4n) is 3.31. The van der Waals surface area contributed by atoms with Crippen LogP contribution in [0.4, 0.5) is 5.69 Å². The molecule has 1 N–H and O–H groups in total. The summed E-state index contributed by atoms with van der Waals surface area (Å²) in [5.41, 5.74) is 3.00. The van der Waals surface area contributed by atoms with Crippen LogP contribution in [0.3, 0.4) is 0 Å². The minimum Gasteiger partial charge on any atom is -0.497 e. The molecule has 1 aromatic heterocycles. The van der Waals surface area contributed by atoms with Crippen LogP contribution in [0.5, 0.6) is 11.5 Å². The summed E-state index contributed by atoms with van der Waals surface area (Å²) in [6, 6.07) is 13.4. The number of nitrogens with one attached hydrogen (secondary N) is 1. The molecule has 0 radical (unpaired) electrons. The third kappa shape index (κ3) is 6.13. The third-order valence-electron chi connectivity index (χ3n) is 4.61. The van der Waals surface area contributed by atoms with Gasteiger partial charge in [0.15, 0.2) is 17.1 Å². The van der Waals surface area contributed by atoms with E-state index in [2.05, 4.69) is 28.2 Å². The van der Waals surface area contributed by atoms with E-state index in [9.17, 15) is 4.79 Å². The van der Waals surface area contributed by atoms with Crippen molar-refractivity contribution < 1.29 is 14.3 Å². The lowest BCUT2D eigenvalue weighted by molar-refractivity contribution is -0.113. The molecule has 7 nitrogen and oxygen atoms in total. The number of carbonyl (C=O) groups is 1. The monoisotopic (exact) mass is 452 g/mol. The van der Waals surface area contributed by atoms with Gasteiger partial charge in [-0.3, -0.25) is 9.36 Å². The fraction of sp³-hybridized carbons (Fsp3) is 0.292. The van der Waals surface area contributed by atoms with E-state index in [1.165, 1.54) is 11.8 Å². The first-order valence-corrected chi connectivity index (χ1v) is 11.2. The maximum absolute atomic E-state index is 12.5. The molecule has 8 heteroatoms. The number of benzene rings is 2. The highest BCUT2D eigenvalue weighted by molar-refractivity contribution is 7.99. The quantitative estimate of drug-likeness (QED) is 0.346. The van der Waals surface area contributed by atoms with Gasteiger partial charge in [-0.2, -0.15) is 0 Å². The van der Waals surface area contributed by atoms with Crippen LogP contribution in [0.25, 0.3) is 0 Å². The zero-order chi connectivity index (χ0) is 23.1. The standard InChI is InChI=1S/C24H28N4O3S/c1-6-10-28-23(18(4)31-21-9-7-8-20(14-21)30-5)26-27-24(28)32-15-22(29)25-19-12-16(2)11-17(3)13-19/h6-9,11-14,18H,1,10,15H2,2-5H3,(H,25,29). The summed E-state index contributed by atoms with van der Waals surface area (Å²) in [5.74, 6) is 2.16. The number of ether oxygens (including phenoxy) is 2. The largest absolute Gasteiger partial charge is 0.497 e. The number of carbonyl (C=O) groups excluding carboxylic acids is 1. The number of amides is 1. The second-order valence-corrected chi connectivity index (χ2v) is 8.33. The van der Waals surface area contributed by atoms with Crippen LogP contribution >= 0.6 is 11.8 Å². The highest BCUT2D eigenvalue weighted by Crippen LogP contribution is 2.27. The average Bonchev–Trinajstić information content (AvgIpc) is 3.14. The number of anilines is 1. The van der Waals surface area contributed by atoms with Crippen molar-refractivity contribution in [3.63, 3.8) is 0 Å². The molecule has 0 saturated carbocycles. The molecule has 1 atom stereocenters. The van der Waals surface area contributed by atoms with E-state index in [-0.39, 0.29) is 17.8 Å². The Bertz CT molecular complexity index is 1080. The number of aryl methyl sites for hydroxylation is 2. The minimum atomic E-state index is -0.354. The zero-order valence-electron chi connectivity index (χ0n) is 18.8. The zero-order valence-corrected chi connectivity index (χ0v) is 19.6. The summed E-state index contributed by atoms with van der Waals surface area (Å²) >= 11 is 1.33. The molecule has 0 aliphatic carbocycles. The van der Waals surface area contributed by atoms with Crippen molar-refractivity contribution in [2.45, 2.75) is 38.6 Å². The van der Waals surface area contributed by atoms with Crippen LogP contribution < -0.4 is 14.8 Å². The van der Waals surface area contributed by atoms with Gasteiger partial charge in [0.05, 0.1) is 12.9 Å². The number of allylic oxidation sites excluding steroid dienone is 1. The molecule has 1 amide bonds. The molecular weight excluding hydrogens is 424 g/mol. The first kappa shape index (κ1) is 23.4. The van der Waals surface area contributed by atoms with E-state index in [1.54, 1.807) is 13.2 Å². The Hall–Kier alpha value is -3.26. The van der Waals surface area contributed by atoms with Gasteiger partial charge in [-0.15, -0.1) is 16.8 Å². The normalized spacial score (nSPS) is 11.6. The lowest BCUT2D eigenvalue weighted by Crippen LogP contribution is -2.15. The predicted octanol–water partition coefficient (Wildman–Crippen LogP) is 4.96. The minimum absolute atomic E-state index is 0.101. The molecule has 32 heavy (non-hydrogen) atoms. The van der Waals surface area contributed by atoms with Crippen molar-refractivity contribution in [2.24, 2.45) is 0 Å². The molecule has 0 spiro atoms.